The zero-order chi connectivity index (χ0) is 19.2. The molecule has 27 heavy (non-hydrogen) atoms. The molecule has 1 aliphatic heterocycles. The second kappa shape index (κ2) is 8.59. The van der Waals surface area contributed by atoms with Crippen molar-refractivity contribution in [2.24, 2.45) is 0 Å². The molecule has 138 valence electrons. The normalized spacial score (nSPS) is 15.0. The van der Waals surface area contributed by atoms with E-state index in [1.165, 1.54) is 11.8 Å². The van der Waals surface area contributed by atoms with Crippen LogP contribution in [0.5, 0.6) is 0 Å². The van der Waals surface area contributed by atoms with Gasteiger partial charge in [0, 0.05) is 24.2 Å². The van der Waals surface area contributed by atoms with Crippen LogP contribution in [0.2, 0.25) is 0 Å². The van der Waals surface area contributed by atoms with Gasteiger partial charge in [0.15, 0.2) is 0 Å². The van der Waals surface area contributed by atoms with Crippen LogP contribution in [0.1, 0.15) is 32.2 Å². The fourth-order valence-electron chi connectivity index (χ4n) is 2.65. The molecule has 0 radical (unpaired) electrons. The highest BCUT2D eigenvalue weighted by molar-refractivity contribution is 8.04. The van der Waals surface area contributed by atoms with Crippen molar-refractivity contribution in [2.45, 2.75) is 13.5 Å². The molecule has 0 spiro atoms. The van der Waals surface area contributed by atoms with Gasteiger partial charge in [0.25, 0.3) is 0 Å². The Morgan fingerprint density at radius 3 is 2.81 bits per heavy atom. The van der Waals surface area contributed by atoms with Crippen molar-refractivity contribution < 1.29 is 14.4 Å². The third-order valence-electron chi connectivity index (χ3n) is 3.90. The number of pyridine rings is 2. The zero-order valence-corrected chi connectivity index (χ0v) is 15.5. The number of nitrogens with one attached hydrogen (secondary N) is 2. The Balaban J connectivity index is 0.000000180. The third-order valence-corrected chi connectivity index (χ3v) is 4.98. The van der Waals surface area contributed by atoms with Gasteiger partial charge < -0.3 is 10.6 Å². The van der Waals surface area contributed by atoms with Crippen LogP contribution in [0.3, 0.4) is 0 Å². The van der Waals surface area contributed by atoms with Gasteiger partial charge in [-0.3, -0.25) is 19.4 Å². The highest BCUT2D eigenvalue weighted by Gasteiger charge is 2.35. The Morgan fingerprint density at radius 2 is 2.07 bits per heavy atom. The van der Waals surface area contributed by atoms with Crippen LogP contribution in [0.25, 0.3) is 0 Å². The number of carbonyl (C=O) groups excluding carboxylic acids is 3. The monoisotopic (exact) mass is 382 g/mol. The second-order valence-electron chi connectivity index (χ2n) is 5.81. The molecule has 2 N–H and O–H groups in total. The van der Waals surface area contributed by atoms with Gasteiger partial charge in [0.05, 0.1) is 22.7 Å². The summed E-state index contributed by atoms with van der Waals surface area (Å²) >= 11 is 1.44. The molecule has 4 rings (SSSR count). The summed E-state index contributed by atoms with van der Waals surface area (Å²) in [5.41, 5.74) is 2.78. The number of aryl methyl sites for hydroxylation is 1. The standard InChI is InChI=1S/C12H10N2O2S.C7H8N2O/c1-6-2-3-7-8(14-6)11(16)12-9(10(7)15)13-4-5-17-12;10-6-8-5-7-3-1-2-4-9-7/h2-3,13H,4-5H2,1H3;1-4,6H,5H2,(H,8,10). The number of amides is 1. The number of Topliss-reactive ketones (excluding diaryl/α,β-unsaturated/α-hetero) is 2. The maximum absolute atomic E-state index is 12.2. The number of hydrogen-bond acceptors (Lipinski definition) is 7. The first-order chi connectivity index (χ1) is 13.1. The number of hydrogen-bond donors (Lipinski definition) is 2. The van der Waals surface area contributed by atoms with Gasteiger partial charge >= 0.3 is 0 Å². The molecule has 1 aliphatic carbocycles. The number of fused-ring (bicyclic) bond motifs is 1. The second-order valence-corrected chi connectivity index (χ2v) is 6.91. The van der Waals surface area contributed by atoms with Crippen LogP contribution in [0.15, 0.2) is 47.1 Å². The average molecular weight is 382 g/mol. The highest BCUT2D eigenvalue weighted by atomic mass is 32.2. The molecule has 0 saturated carbocycles. The van der Waals surface area contributed by atoms with Crippen molar-refractivity contribution >= 4 is 29.7 Å². The van der Waals surface area contributed by atoms with E-state index in [-0.39, 0.29) is 11.6 Å². The van der Waals surface area contributed by atoms with E-state index in [0.29, 0.717) is 34.8 Å². The van der Waals surface area contributed by atoms with E-state index in [2.05, 4.69) is 20.6 Å². The minimum atomic E-state index is -0.129. The number of ketones is 2. The number of aromatic nitrogens is 2. The van der Waals surface area contributed by atoms with E-state index < -0.39 is 0 Å². The lowest BCUT2D eigenvalue weighted by Gasteiger charge is -2.24. The molecule has 1 amide bonds. The van der Waals surface area contributed by atoms with Crippen LogP contribution in [0, 0.1) is 6.92 Å². The Labute approximate surface area is 160 Å². The topological polar surface area (TPSA) is 101 Å². The van der Waals surface area contributed by atoms with E-state index in [1.807, 2.05) is 25.1 Å². The molecule has 2 aromatic rings. The SMILES string of the molecule is Cc1ccc2c(n1)C(=O)C1=C(NCCS1)C2=O.O=CNCc1ccccn1. The van der Waals surface area contributed by atoms with Crippen molar-refractivity contribution in [3.8, 4) is 0 Å². The van der Waals surface area contributed by atoms with Gasteiger partial charge in [-0.25, -0.2) is 4.98 Å². The number of thioether (sulfide) groups is 1. The molecule has 0 bridgehead atoms. The van der Waals surface area contributed by atoms with Crippen LogP contribution in [-0.4, -0.2) is 40.2 Å². The molecular weight excluding hydrogens is 364 g/mol. The Bertz CT molecular complexity index is 912. The fraction of sp³-hybridized carbons (Fsp3) is 0.211. The average Bonchev–Trinajstić information content (AvgIpc) is 2.72. The van der Waals surface area contributed by atoms with Crippen molar-refractivity contribution in [1.29, 1.82) is 0 Å². The van der Waals surface area contributed by atoms with Gasteiger partial charge in [-0.15, -0.1) is 11.8 Å². The molecule has 0 unspecified atom stereocenters. The molecule has 0 aromatic carbocycles. The largest absolute Gasteiger partial charge is 0.380 e. The molecule has 0 atom stereocenters. The first-order valence-corrected chi connectivity index (χ1v) is 9.35. The van der Waals surface area contributed by atoms with E-state index >= 15 is 0 Å². The molecule has 2 aromatic heterocycles. The van der Waals surface area contributed by atoms with Crippen molar-refractivity contribution in [2.75, 3.05) is 12.3 Å². The first kappa shape index (κ1) is 18.8. The number of nitrogens with zero attached hydrogens (tertiary/aromatic N) is 2. The first-order valence-electron chi connectivity index (χ1n) is 8.36. The molecule has 7 nitrogen and oxygen atoms in total. The van der Waals surface area contributed by atoms with Crippen LogP contribution >= 0.6 is 11.8 Å². The lowest BCUT2D eigenvalue weighted by molar-refractivity contribution is -0.109. The molecular formula is C19H18N4O3S. The predicted molar refractivity (Wildman–Crippen MR) is 102 cm³/mol. The number of carbonyl (C=O) groups is 3. The quantitative estimate of drug-likeness (QED) is 0.778. The maximum atomic E-state index is 12.2. The van der Waals surface area contributed by atoms with E-state index in [4.69, 9.17) is 0 Å². The lowest BCUT2D eigenvalue weighted by Crippen LogP contribution is -2.34. The van der Waals surface area contributed by atoms with Gasteiger partial charge in [-0.05, 0) is 31.2 Å². The van der Waals surface area contributed by atoms with E-state index in [1.54, 1.807) is 18.3 Å². The predicted octanol–water partition coefficient (Wildman–Crippen LogP) is 1.64. The maximum Gasteiger partial charge on any atom is 0.220 e. The van der Waals surface area contributed by atoms with Crippen LogP contribution in [0.4, 0.5) is 0 Å². The Hall–Kier alpha value is -3.00. The smallest absolute Gasteiger partial charge is 0.220 e. The van der Waals surface area contributed by atoms with Crippen LogP contribution in [-0.2, 0) is 11.3 Å². The molecule has 3 heterocycles. The van der Waals surface area contributed by atoms with Gasteiger partial charge in [-0.2, -0.15) is 0 Å². The molecule has 0 fully saturated rings. The Morgan fingerprint density at radius 1 is 1.22 bits per heavy atom. The molecule has 0 saturated heterocycles. The third kappa shape index (κ3) is 4.22. The summed E-state index contributed by atoms with van der Waals surface area (Å²) in [5.74, 6) is 0.559. The van der Waals surface area contributed by atoms with E-state index in [9.17, 15) is 14.4 Å². The minimum Gasteiger partial charge on any atom is -0.380 e. The highest BCUT2D eigenvalue weighted by Crippen LogP contribution is 2.32. The summed E-state index contributed by atoms with van der Waals surface area (Å²) in [5, 5.41) is 5.54. The van der Waals surface area contributed by atoms with Crippen molar-refractivity contribution in [1.82, 2.24) is 20.6 Å². The Kier molecular flexibility index (Phi) is 5.97. The summed E-state index contributed by atoms with van der Waals surface area (Å²) in [6, 6.07) is 9.02. The summed E-state index contributed by atoms with van der Waals surface area (Å²) in [6.45, 7) is 3.04. The minimum absolute atomic E-state index is 0.116. The molecule has 8 heteroatoms. The summed E-state index contributed by atoms with van der Waals surface area (Å²) < 4.78 is 0. The zero-order valence-electron chi connectivity index (χ0n) is 14.7. The van der Waals surface area contributed by atoms with Gasteiger partial charge in [-0.1, -0.05) is 6.07 Å². The van der Waals surface area contributed by atoms with Crippen LogP contribution < -0.4 is 10.6 Å². The molecule has 2 aliphatic rings. The van der Waals surface area contributed by atoms with E-state index in [0.717, 1.165) is 23.7 Å². The summed E-state index contributed by atoms with van der Waals surface area (Å²) in [6.07, 6.45) is 2.36. The van der Waals surface area contributed by atoms with Crippen molar-refractivity contribution in [3.63, 3.8) is 0 Å². The summed E-state index contributed by atoms with van der Waals surface area (Å²) in [4.78, 5) is 42.9. The summed E-state index contributed by atoms with van der Waals surface area (Å²) in [7, 11) is 0. The fourth-order valence-corrected chi connectivity index (χ4v) is 3.59. The van der Waals surface area contributed by atoms with Gasteiger partial charge in [0.1, 0.15) is 11.4 Å². The van der Waals surface area contributed by atoms with Crippen molar-refractivity contribution in [3.05, 3.63) is 69.8 Å². The number of allylic oxidation sites excluding steroid dienone is 2. The number of rotatable bonds is 3. The van der Waals surface area contributed by atoms with Gasteiger partial charge in [0.2, 0.25) is 18.0 Å². The lowest BCUT2D eigenvalue weighted by atomic mass is 9.96.